The summed E-state index contributed by atoms with van der Waals surface area (Å²) in [6, 6.07) is 5.93. The van der Waals surface area contributed by atoms with Gasteiger partial charge in [-0.1, -0.05) is 33.4 Å². The van der Waals surface area contributed by atoms with Crippen LogP contribution in [0.15, 0.2) is 35.5 Å². The van der Waals surface area contributed by atoms with Crippen LogP contribution in [0.2, 0.25) is 0 Å². The molecule has 3 heteroatoms. The van der Waals surface area contributed by atoms with Crippen LogP contribution in [-0.2, 0) is 0 Å². The fraction of sp³-hybridized carbons (Fsp3) is 0.474. The number of amides is 1. The summed E-state index contributed by atoms with van der Waals surface area (Å²) < 4.78 is 0. The molecule has 0 heterocycles. The zero-order valence-electron chi connectivity index (χ0n) is 14.4. The van der Waals surface area contributed by atoms with Gasteiger partial charge in [0, 0.05) is 23.5 Å². The largest absolute Gasteiger partial charge is 0.349 e. The average Bonchev–Trinajstić information content (AvgIpc) is 2.44. The van der Waals surface area contributed by atoms with Crippen molar-refractivity contribution in [2.24, 2.45) is 10.9 Å². The fourth-order valence-corrected chi connectivity index (χ4v) is 2.31. The van der Waals surface area contributed by atoms with Gasteiger partial charge in [0.15, 0.2) is 0 Å². The first kappa shape index (κ1) is 18.1. The number of hydrogen-bond acceptors (Lipinski definition) is 2. The highest BCUT2D eigenvalue weighted by Gasteiger charge is 2.14. The molecule has 1 aromatic rings. The van der Waals surface area contributed by atoms with Gasteiger partial charge in [-0.2, -0.15) is 0 Å². The molecule has 22 heavy (non-hydrogen) atoms. The number of allylic oxidation sites excluding steroid dienone is 1. The quantitative estimate of drug-likeness (QED) is 0.740. The van der Waals surface area contributed by atoms with Gasteiger partial charge >= 0.3 is 0 Å². The van der Waals surface area contributed by atoms with Crippen LogP contribution < -0.4 is 5.32 Å². The topological polar surface area (TPSA) is 41.5 Å². The van der Waals surface area contributed by atoms with Crippen molar-refractivity contribution in [1.29, 1.82) is 0 Å². The van der Waals surface area contributed by atoms with E-state index in [-0.39, 0.29) is 11.9 Å². The van der Waals surface area contributed by atoms with E-state index in [0.29, 0.717) is 11.5 Å². The highest BCUT2D eigenvalue weighted by Crippen LogP contribution is 2.12. The Labute approximate surface area is 134 Å². The second-order valence-corrected chi connectivity index (χ2v) is 6.27. The molecule has 0 fully saturated rings. The second kappa shape index (κ2) is 8.52. The molecule has 3 nitrogen and oxygen atoms in total. The number of carbonyl (C=O) groups excluding carboxylic acids is 1. The minimum Gasteiger partial charge on any atom is -0.349 e. The first-order valence-electron chi connectivity index (χ1n) is 7.94. The summed E-state index contributed by atoms with van der Waals surface area (Å²) in [5.41, 5.74) is 3.51. The minimum atomic E-state index is -0.000935. The third-order valence-electron chi connectivity index (χ3n) is 3.54. The van der Waals surface area contributed by atoms with E-state index in [9.17, 15) is 4.79 Å². The second-order valence-electron chi connectivity index (χ2n) is 6.27. The van der Waals surface area contributed by atoms with Crippen LogP contribution in [0.4, 0.5) is 0 Å². The lowest BCUT2D eigenvalue weighted by Crippen LogP contribution is -2.35. The SMILES string of the molecule is C=C(C)N=Cc1ccc(C(=O)N[C@H](CC)CC(C)C)cc1C. The molecule has 0 saturated carbocycles. The first-order valence-corrected chi connectivity index (χ1v) is 7.94. The summed E-state index contributed by atoms with van der Waals surface area (Å²) in [6.45, 7) is 14.0. The predicted molar refractivity (Wildman–Crippen MR) is 94.6 cm³/mol. The summed E-state index contributed by atoms with van der Waals surface area (Å²) in [7, 11) is 0. The van der Waals surface area contributed by atoms with Gasteiger partial charge in [-0.05, 0) is 55.9 Å². The Kier molecular flexibility index (Phi) is 7.03. The van der Waals surface area contributed by atoms with Crippen molar-refractivity contribution in [2.45, 2.75) is 53.5 Å². The maximum Gasteiger partial charge on any atom is 0.251 e. The van der Waals surface area contributed by atoms with E-state index in [0.717, 1.165) is 29.7 Å². The molecule has 0 bridgehead atoms. The van der Waals surface area contributed by atoms with Crippen LogP contribution >= 0.6 is 0 Å². The Morgan fingerprint density at radius 1 is 1.41 bits per heavy atom. The Hall–Kier alpha value is -1.90. The minimum absolute atomic E-state index is 0.000935. The Balaban J connectivity index is 2.82. The van der Waals surface area contributed by atoms with E-state index >= 15 is 0 Å². The molecule has 1 aromatic carbocycles. The smallest absolute Gasteiger partial charge is 0.251 e. The van der Waals surface area contributed by atoms with Gasteiger partial charge in [0.2, 0.25) is 0 Å². The molecule has 0 aliphatic heterocycles. The Bertz CT molecular complexity index is 559. The van der Waals surface area contributed by atoms with E-state index in [1.54, 1.807) is 6.21 Å². The van der Waals surface area contributed by atoms with Crippen LogP contribution in [0.25, 0.3) is 0 Å². The number of aliphatic imine (C=N–C) groups is 1. The molecule has 1 atom stereocenters. The maximum atomic E-state index is 12.4. The molecule has 0 saturated heterocycles. The van der Waals surface area contributed by atoms with Crippen molar-refractivity contribution >= 4 is 12.1 Å². The number of nitrogens with one attached hydrogen (secondary N) is 1. The molecule has 1 amide bonds. The molecular weight excluding hydrogens is 272 g/mol. The molecule has 120 valence electrons. The van der Waals surface area contributed by atoms with Crippen LogP contribution in [-0.4, -0.2) is 18.2 Å². The van der Waals surface area contributed by atoms with Gasteiger partial charge in [-0.3, -0.25) is 9.79 Å². The summed E-state index contributed by atoms with van der Waals surface area (Å²) in [6.07, 6.45) is 3.74. The normalized spacial score (nSPS) is 12.6. The van der Waals surface area contributed by atoms with E-state index in [2.05, 4.69) is 37.7 Å². The van der Waals surface area contributed by atoms with E-state index < -0.39 is 0 Å². The van der Waals surface area contributed by atoms with E-state index in [1.165, 1.54) is 0 Å². The monoisotopic (exact) mass is 300 g/mol. The molecule has 0 spiro atoms. The summed E-state index contributed by atoms with van der Waals surface area (Å²) in [5, 5.41) is 3.12. The van der Waals surface area contributed by atoms with Gasteiger partial charge in [-0.15, -0.1) is 0 Å². The number of benzene rings is 1. The third kappa shape index (κ3) is 5.84. The van der Waals surface area contributed by atoms with Crippen molar-refractivity contribution in [3.8, 4) is 0 Å². The molecule has 1 N–H and O–H groups in total. The Morgan fingerprint density at radius 3 is 2.59 bits per heavy atom. The van der Waals surface area contributed by atoms with Crippen molar-refractivity contribution in [3.63, 3.8) is 0 Å². The van der Waals surface area contributed by atoms with E-state index in [1.807, 2.05) is 32.0 Å². The number of rotatable bonds is 7. The number of aryl methyl sites for hydroxylation is 1. The highest BCUT2D eigenvalue weighted by molar-refractivity contribution is 5.95. The van der Waals surface area contributed by atoms with Gasteiger partial charge in [-0.25, -0.2) is 0 Å². The third-order valence-corrected chi connectivity index (χ3v) is 3.54. The molecule has 0 aliphatic rings. The molecule has 1 rings (SSSR count). The van der Waals surface area contributed by atoms with E-state index in [4.69, 9.17) is 0 Å². The van der Waals surface area contributed by atoms with Crippen LogP contribution in [0.5, 0.6) is 0 Å². The fourth-order valence-electron chi connectivity index (χ4n) is 2.31. The van der Waals surface area contributed by atoms with Crippen molar-refractivity contribution in [2.75, 3.05) is 0 Å². The van der Waals surface area contributed by atoms with Crippen molar-refractivity contribution in [3.05, 3.63) is 47.2 Å². The molecule has 0 aliphatic carbocycles. The van der Waals surface area contributed by atoms with Crippen LogP contribution in [0, 0.1) is 12.8 Å². The number of hydrogen-bond donors (Lipinski definition) is 1. The maximum absolute atomic E-state index is 12.4. The summed E-state index contributed by atoms with van der Waals surface area (Å²) in [5.74, 6) is 0.576. The lowest BCUT2D eigenvalue weighted by molar-refractivity contribution is 0.0931. The van der Waals surface area contributed by atoms with Gasteiger partial charge in [0.1, 0.15) is 0 Å². The average molecular weight is 300 g/mol. The number of nitrogens with zero attached hydrogens (tertiary/aromatic N) is 1. The van der Waals surface area contributed by atoms with Crippen molar-refractivity contribution < 1.29 is 4.79 Å². The summed E-state index contributed by atoms with van der Waals surface area (Å²) in [4.78, 5) is 16.6. The van der Waals surface area contributed by atoms with Crippen LogP contribution in [0.3, 0.4) is 0 Å². The molecular formula is C19H28N2O. The van der Waals surface area contributed by atoms with Gasteiger partial charge in [0.05, 0.1) is 0 Å². The lowest BCUT2D eigenvalue weighted by Gasteiger charge is -2.19. The molecule has 0 aromatic heterocycles. The zero-order valence-corrected chi connectivity index (χ0v) is 14.4. The van der Waals surface area contributed by atoms with Crippen LogP contribution in [0.1, 0.15) is 62.0 Å². The van der Waals surface area contributed by atoms with Gasteiger partial charge < -0.3 is 5.32 Å². The highest BCUT2D eigenvalue weighted by atomic mass is 16.1. The molecule has 0 unspecified atom stereocenters. The zero-order chi connectivity index (χ0) is 16.7. The van der Waals surface area contributed by atoms with Gasteiger partial charge in [0.25, 0.3) is 5.91 Å². The Morgan fingerprint density at radius 2 is 2.09 bits per heavy atom. The summed E-state index contributed by atoms with van der Waals surface area (Å²) >= 11 is 0. The molecule has 0 radical (unpaired) electrons. The lowest BCUT2D eigenvalue weighted by atomic mass is 10.0. The van der Waals surface area contributed by atoms with Crippen molar-refractivity contribution in [1.82, 2.24) is 5.32 Å². The predicted octanol–water partition coefficient (Wildman–Crippen LogP) is 4.50. The number of carbonyl (C=O) groups is 1. The standard InChI is InChI=1S/C19H28N2O/c1-7-18(10-13(2)3)21-19(22)16-8-9-17(15(6)11-16)12-20-14(4)5/h8-9,11-13,18H,4,7,10H2,1-3,5-6H3,(H,21,22)/t18-/m1/s1. The first-order chi connectivity index (χ1) is 10.3.